The van der Waals surface area contributed by atoms with Crippen molar-refractivity contribution in [1.29, 1.82) is 5.26 Å². The number of nitrogens with two attached hydrogens (primary N) is 2. The van der Waals surface area contributed by atoms with E-state index in [1.165, 1.54) is 0 Å². The van der Waals surface area contributed by atoms with Crippen molar-refractivity contribution < 1.29 is 4.74 Å². The van der Waals surface area contributed by atoms with Gasteiger partial charge in [0.05, 0.1) is 5.69 Å². The predicted octanol–water partition coefficient (Wildman–Crippen LogP) is 1.81. The Morgan fingerprint density at radius 1 is 1.28 bits per heavy atom. The van der Waals surface area contributed by atoms with Gasteiger partial charge >= 0.3 is 0 Å². The van der Waals surface area contributed by atoms with Crippen LogP contribution in [0, 0.1) is 11.3 Å². The van der Waals surface area contributed by atoms with Crippen LogP contribution < -0.4 is 16.2 Å². The lowest BCUT2D eigenvalue weighted by Gasteiger charge is -2.21. The Bertz CT molecular complexity index is 688. The summed E-state index contributed by atoms with van der Waals surface area (Å²) in [5.74, 6) is 1.25. The van der Waals surface area contributed by atoms with Gasteiger partial charge in [0.1, 0.15) is 23.2 Å². The summed E-state index contributed by atoms with van der Waals surface area (Å²) < 4.78 is 5.66. The summed E-state index contributed by atoms with van der Waals surface area (Å²) in [7, 11) is 0. The lowest BCUT2D eigenvalue weighted by atomic mass is 9.99. The molecule has 2 aromatic rings. The van der Waals surface area contributed by atoms with Crippen LogP contribution in [-0.2, 0) is 6.42 Å². The Morgan fingerprint density at radius 2 is 2.06 bits per heavy atom. The number of aromatic nitrogens is 1. The molecule has 0 amide bonds. The van der Waals surface area contributed by atoms with E-state index in [4.69, 9.17) is 21.5 Å². The summed E-state index contributed by atoms with van der Waals surface area (Å²) in [5.41, 5.74) is 13.9. The minimum Gasteiger partial charge on any atom is -0.438 e. The van der Waals surface area contributed by atoms with Crippen LogP contribution in [-0.4, -0.2) is 4.98 Å². The molecule has 1 aliphatic rings. The topological polar surface area (TPSA) is 98.0 Å². The fourth-order valence-corrected chi connectivity index (χ4v) is 2.05. The van der Waals surface area contributed by atoms with Gasteiger partial charge in [0.15, 0.2) is 0 Å². The number of anilines is 2. The molecule has 3 rings (SSSR count). The normalized spacial score (nSPS) is 11.9. The Labute approximate surface area is 104 Å². The van der Waals surface area contributed by atoms with Crippen molar-refractivity contribution in [3.63, 3.8) is 0 Å². The molecule has 0 radical (unpaired) electrons. The molecule has 0 atom stereocenters. The number of hydrogen-bond acceptors (Lipinski definition) is 5. The summed E-state index contributed by atoms with van der Waals surface area (Å²) in [6.45, 7) is 0. The monoisotopic (exact) mass is 238 g/mol. The molecule has 0 spiro atoms. The first-order chi connectivity index (χ1) is 8.70. The van der Waals surface area contributed by atoms with E-state index in [2.05, 4.69) is 4.98 Å². The molecule has 0 saturated carbocycles. The molecular weight excluding hydrogens is 228 g/mol. The molecule has 18 heavy (non-hydrogen) atoms. The van der Waals surface area contributed by atoms with Crippen molar-refractivity contribution in [2.75, 3.05) is 11.5 Å². The van der Waals surface area contributed by atoms with Crippen LogP contribution in [0.4, 0.5) is 11.5 Å². The SMILES string of the molecule is N#Cc1c(N)nc2c(c1N)Cc1ccccc1O2. The minimum atomic E-state index is 0.105. The molecule has 2 heterocycles. The van der Waals surface area contributed by atoms with Gasteiger partial charge in [0, 0.05) is 12.0 Å². The largest absolute Gasteiger partial charge is 0.438 e. The zero-order valence-corrected chi connectivity index (χ0v) is 9.47. The van der Waals surface area contributed by atoms with E-state index < -0.39 is 0 Å². The number of rotatable bonds is 0. The molecule has 88 valence electrons. The number of benzene rings is 1. The summed E-state index contributed by atoms with van der Waals surface area (Å²) >= 11 is 0. The summed E-state index contributed by atoms with van der Waals surface area (Å²) in [6, 6.07) is 9.61. The van der Waals surface area contributed by atoms with E-state index >= 15 is 0 Å². The second-order valence-corrected chi connectivity index (χ2v) is 4.07. The van der Waals surface area contributed by atoms with Gasteiger partial charge in [-0.1, -0.05) is 18.2 Å². The smallest absolute Gasteiger partial charge is 0.226 e. The van der Waals surface area contributed by atoms with Gasteiger partial charge in [-0.25, -0.2) is 0 Å². The molecule has 0 aliphatic carbocycles. The number of ether oxygens (including phenoxy) is 1. The molecular formula is C13H10N4O. The number of pyridine rings is 1. The Balaban J connectivity index is 2.20. The van der Waals surface area contributed by atoms with Crippen molar-refractivity contribution >= 4 is 11.5 Å². The highest BCUT2D eigenvalue weighted by Gasteiger charge is 2.23. The molecule has 5 nitrogen and oxygen atoms in total. The highest BCUT2D eigenvalue weighted by molar-refractivity contribution is 5.72. The van der Waals surface area contributed by atoms with Crippen molar-refractivity contribution in [2.24, 2.45) is 0 Å². The molecule has 0 fully saturated rings. The second-order valence-electron chi connectivity index (χ2n) is 4.07. The van der Waals surface area contributed by atoms with Gasteiger partial charge in [-0.3, -0.25) is 0 Å². The zero-order valence-electron chi connectivity index (χ0n) is 9.47. The Hall–Kier alpha value is -2.74. The predicted molar refractivity (Wildman–Crippen MR) is 67.1 cm³/mol. The molecule has 1 aromatic heterocycles. The van der Waals surface area contributed by atoms with Crippen LogP contribution in [0.5, 0.6) is 11.6 Å². The second kappa shape index (κ2) is 3.64. The van der Waals surface area contributed by atoms with Gasteiger partial charge in [-0.2, -0.15) is 10.2 Å². The maximum atomic E-state index is 9.01. The first-order valence-electron chi connectivity index (χ1n) is 5.44. The zero-order chi connectivity index (χ0) is 12.7. The average Bonchev–Trinajstić information content (AvgIpc) is 2.37. The van der Waals surface area contributed by atoms with Gasteiger partial charge in [0.2, 0.25) is 5.88 Å². The van der Waals surface area contributed by atoms with Crippen molar-refractivity contribution in [1.82, 2.24) is 4.98 Å². The van der Waals surface area contributed by atoms with Crippen LogP contribution in [0.25, 0.3) is 0 Å². The van der Waals surface area contributed by atoms with Crippen molar-refractivity contribution in [3.05, 3.63) is 41.0 Å². The molecule has 5 heteroatoms. The summed E-state index contributed by atoms with van der Waals surface area (Å²) in [4.78, 5) is 4.10. The van der Waals surface area contributed by atoms with Gasteiger partial charge in [-0.15, -0.1) is 0 Å². The number of nitrogens with zero attached hydrogens (tertiary/aromatic N) is 2. The van der Waals surface area contributed by atoms with Gasteiger partial charge < -0.3 is 16.2 Å². The van der Waals surface area contributed by atoms with E-state index in [0.29, 0.717) is 18.0 Å². The van der Waals surface area contributed by atoms with Gasteiger partial charge in [0.25, 0.3) is 0 Å². The molecule has 1 aromatic carbocycles. The third-order valence-electron chi connectivity index (χ3n) is 2.99. The number of nitrogen functional groups attached to an aromatic ring is 2. The lowest BCUT2D eigenvalue weighted by Crippen LogP contribution is -2.11. The third kappa shape index (κ3) is 1.36. The van der Waals surface area contributed by atoms with Crippen LogP contribution >= 0.6 is 0 Å². The Kier molecular flexibility index (Phi) is 2.10. The van der Waals surface area contributed by atoms with E-state index in [-0.39, 0.29) is 11.4 Å². The fraction of sp³-hybridized carbons (Fsp3) is 0.0769. The molecule has 1 aliphatic heterocycles. The van der Waals surface area contributed by atoms with Crippen molar-refractivity contribution in [3.8, 4) is 17.7 Å². The van der Waals surface area contributed by atoms with Crippen LogP contribution in [0.3, 0.4) is 0 Å². The number of hydrogen-bond donors (Lipinski definition) is 2. The first-order valence-corrected chi connectivity index (χ1v) is 5.44. The van der Waals surface area contributed by atoms with E-state index in [1.807, 2.05) is 30.3 Å². The molecule has 0 saturated heterocycles. The number of nitriles is 1. The summed E-state index contributed by atoms with van der Waals surface area (Å²) in [5, 5.41) is 9.01. The van der Waals surface area contributed by atoms with E-state index in [9.17, 15) is 0 Å². The third-order valence-corrected chi connectivity index (χ3v) is 2.99. The molecule has 0 unspecified atom stereocenters. The van der Waals surface area contributed by atoms with Crippen LogP contribution in [0.2, 0.25) is 0 Å². The van der Waals surface area contributed by atoms with Crippen molar-refractivity contribution in [2.45, 2.75) is 6.42 Å². The quantitative estimate of drug-likeness (QED) is 0.622. The maximum Gasteiger partial charge on any atom is 0.226 e. The number of fused-ring (bicyclic) bond motifs is 2. The Morgan fingerprint density at radius 3 is 2.83 bits per heavy atom. The standard InChI is InChI=1S/C13H10N4O/c14-6-9-11(15)8-5-7-3-1-2-4-10(7)18-13(8)17-12(9)16/h1-4H,5H2,(H4,15,16,17). The molecule has 4 N–H and O–H groups in total. The maximum absolute atomic E-state index is 9.01. The summed E-state index contributed by atoms with van der Waals surface area (Å²) in [6.07, 6.45) is 0.597. The van der Waals surface area contributed by atoms with E-state index in [1.54, 1.807) is 0 Å². The number of para-hydroxylation sites is 1. The van der Waals surface area contributed by atoms with Crippen LogP contribution in [0.15, 0.2) is 24.3 Å². The first kappa shape index (κ1) is 10.4. The average molecular weight is 238 g/mol. The highest BCUT2D eigenvalue weighted by atomic mass is 16.5. The fourth-order valence-electron chi connectivity index (χ4n) is 2.05. The minimum absolute atomic E-state index is 0.105. The lowest BCUT2D eigenvalue weighted by molar-refractivity contribution is 0.442. The van der Waals surface area contributed by atoms with Crippen LogP contribution in [0.1, 0.15) is 16.7 Å². The molecule has 0 bridgehead atoms. The van der Waals surface area contributed by atoms with Gasteiger partial charge in [-0.05, 0) is 11.6 Å². The highest BCUT2D eigenvalue weighted by Crippen LogP contribution is 2.39. The van der Waals surface area contributed by atoms with E-state index in [0.717, 1.165) is 16.9 Å².